The third-order valence-electron chi connectivity index (χ3n) is 2.56. The van der Waals surface area contributed by atoms with Crippen LogP contribution < -0.4 is 11.3 Å². The lowest BCUT2D eigenvalue weighted by Crippen LogP contribution is -2.09. The molecule has 0 atom stereocenters. The second-order valence-corrected chi connectivity index (χ2v) is 5.12. The number of hydrogen-bond acceptors (Lipinski definition) is 4. The summed E-state index contributed by atoms with van der Waals surface area (Å²) in [5.74, 6) is 0.102. The highest BCUT2D eigenvalue weighted by atomic mass is 35.5. The van der Waals surface area contributed by atoms with Gasteiger partial charge in [0, 0.05) is 0 Å². The standard InChI is InChI=1S/C12H8ClN3OS/c13-8-7-10(17)15-12(14)16-11(7)18-9(8)6-4-2-1-3-5-6/h1-5H,(H3,14,15,16,17). The molecular formula is C12H8ClN3OS. The van der Waals surface area contributed by atoms with E-state index < -0.39 is 0 Å². The fraction of sp³-hybridized carbons (Fsp3) is 0. The number of nitrogens with two attached hydrogens (primary N) is 1. The van der Waals surface area contributed by atoms with Gasteiger partial charge in [-0.05, 0) is 5.56 Å². The first-order valence-electron chi connectivity index (χ1n) is 5.20. The number of hydrogen-bond donors (Lipinski definition) is 2. The number of fused-ring (bicyclic) bond motifs is 1. The summed E-state index contributed by atoms with van der Waals surface area (Å²) in [6.07, 6.45) is 0. The van der Waals surface area contributed by atoms with Crippen molar-refractivity contribution in [2.45, 2.75) is 0 Å². The zero-order valence-corrected chi connectivity index (χ0v) is 10.7. The van der Waals surface area contributed by atoms with Gasteiger partial charge in [-0.2, -0.15) is 0 Å². The van der Waals surface area contributed by atoms with Crippen LogP contribution in [0, 0.1) is 0 Å². The van der Waals surface area contributed by atoms with Gasteiger partial charge in [-0.1, -0.05) is 41.9 Å². The highest BCUT2D eigenvalue weighted by Gasteiger charge is 2.16. The molecule has 0 aliphatic carbocycles. The lowest BCUT2D eigenvalue weighted by Gasteiger charge is -1.96. The first-order valence-corrected chi connectivity index (χ1v) is 6.39. The van der Waals surface area contributed by atoms with Gasteiger partial charge in [0.2, 0.25) is 5.95 Å². The number of benzene rings is 1. The van der Waals surface area contributed by atoms with E-state index in [0.29, 0.717) is 15.2 Å². The van der Waals surface area contributed by atoms with Gasteiger partial charge in [0.25, 0.3) is 5.56 Å². The maximum Gasteiger partial charge on any atom is 0.262 e. The van der Waals surface area contributed by atoms with Crippen molar-refractivity contribution < 1.29 is 0 Å². The number of anilines is 1. The van der Waals surface area contributed by atoms with Crippen molar-refractivity contribution in [3.8, 4) is 10.4 Å². The highest BCUT2D eigenvalue weighted by molar-refractivity contribution is 7.22. The number of thiophene rings is 1. The molecule has 0 saturated carbocycles. The van der Waals surface area contributed by atoms with Crippen molar-refractivity contribution >= 4 is 39.1 Å². The molecule has 3 aromatic rings. The minimum absolute atomic E-state index is 0.102. The molecule has 0 aliphatic heterocycles. The maximum absolute atomic E-state index is 11.8. The topological polar surface area (TPSA) is 71.8 Å². The number of H-pyrrole nitrogens is 1. The van der Waals surface area contributed by atoms with Crippen LogP contribution in [0.3, 0.4) is 0 Å². The molecule has 3 N–H and O–H groups in total. The summed E-state index contributed by atoms with van der Waals surface area (Å²) in [7, 11) is 0. The van der Waals surface area contributed by atoms with Crippen molar-refractivity contribution in [1.82, 2.24) is 9.97 Å². The Labute approximate surface area is 111 Å². The van der Waals surface area contributed by atoms with Gasteiger partial charge < -0.3 is 5.73 Å². The number of nitrogens with zero attached hydrogens (tertiary/aromatic N) is 1. The summed E-state index contributed by atoms with van der Waals surface area (Å²) in [6, 6.07) is 9.64. The maximum atomic E-state index is 11.8. The van der Waals surface area contributed by atoms with Crippen molar-refractivity contribution in [2.24, 2.45) is 0 Å². The first kappa shape index (κ1) is 11.3. The zero-order chi connectivity index (χ0) is 12.7. The molecule has 3 rings (SSSR count). The van der Waals surface area contributed by atoms with E-state index >= 15 is 0 Å². The Morgan fingerprint density at radius 2 is 2.00 bits per heavy atom. The minimum atomic E-state index is -0.305. The quantitative estimate of drug-likeness (QED) is 0.718. The van der Waals surface area contributed by atoms with Gasteiger partial charge in [0.05, 0.1) is 15.3 Å². The molecule has 0 aliphatic rings. The van der Waals surface area contributed by atoms with E-state index in [0.717, 1.165) is 10.4 Å². The summed E-state index contributed by atoms with van der Waals surface area (Å²) in [5, 5.41) is 0.824. The van der Waals surface area contributed by atoms with Crippen molar-refractivity contribution in [1.29, 1.82) is 0 Å². The van der Waals surface area contributed by atoms with Crippen LogP contribution in [0.1, 0.15) is 0 Å². The molecule has 90 valence electrons. The summed E-state index contributed by atoms with van der Waals surface area (Å²) >= 11 is 7.62. The van der Waals surface area contributed by atoms with Crippen molar-refractivity contribution in [3.63, 3.8) is 0 Å². The second-order valence-electron chi connectivity index (χ2n) is 3.74. The lowest BCUT2D eigenvalue weighted by molar-refractivity contribution is 1.20. The van der Waals surface area contributed by atoms with E-state index in [1.165, 1.54) is 11.3 Å². The summed E-state index contributed by atoms with van der Waals surface area (Å²) in [6.45, 7) is 0. The van der Waals surface area contributed by atoms with Gasteiger partial charge in [-0.15, -0.1) is 11.3 Å². The third-order valence-corrected chi connectivity index (χ3v) is 4.18. The van der Waals surface area contributed by atoms with Crippen LogP contribution in [-0.2, 0) is 0 Å². The molecule has 2 heterocycles. The normalized spacial score (nSPS) is 10.9. The van der Waals surface area contributed by atoms with E-state index in [4.69, 9.17) is 17.3 Å². The van der Waals surface area contributed by atoms with Gasteiger partial charge in [-0.3, -0.25) is 9.78 Å². The Morgan fingerprint density at radius 3 is 2.72 bits per heavy atom. The first-order chi connectivity index (χ1) is 8.66. The average molecular weight is 278 g/mol. The van der Waals surface area contributed by atoms with E-state index in [2.05, 4.69) is 9.97 Å². The van der Waals surface area contributed by atoms with Crippen LogP contribution >= 0.6 is 22.9 Å². The van der Waals surface area contributed by atoms with Crippen LogP contribution in [0.15, 0.2) is 35.1 Å². The van der Waals surface area contributed by atoms with E-state index in [-0.39, 0.29) is 11.5 Å². The molecular weight excluding hydrogens is 270 g/mol. The molecule has 18 heavy (non-hydrogen) atoms. The molecule has 0 unspecified atom stereocenters. The number of nitrogens with one attached hydrogen (secondary N) is 1. The minimum Gasteiger partial charge on any atom is -0.369 e. The van der Waals surface area contributed by atoms with E-state index in [1.807, 2.05) is 30.3 Å². The summed E-state index contributed by atoms with van der Waals surface area (Å²) in [4.78, 5) is 19.7. The third kappa shape index (κ3) is 1.68. The summed E-state index contributed by atoms with van der Waals surface area (Å²) < 4.78 is 0. The van der Waals surface area contributed by atoms with E-state index in [9.17, 15) is 4.79 Å². The van der Waals surface area contributed by atoms with Gasteiger partial charge >= 0.3 is 0 Å². The fourth-order valence-electron chi connectivity index (χ4n) is 1.77. The van der Waals surface area contributed by atoms with Gasteiger partial charge in [0.1, 0.15) is 4.83 Å². The van der Waals surface area contributed by atoms with E-state index in [1.54, 1.807) is 0 Å². The largest absolute Gasteiger partial charge is 0.369 e. The highest BCUT2D eigenvalue weighted by Crippen LogP contribution is 2.39. The lowest BCUT2D eigenvalue weighted by atomic mass is 10.2. The average Bonchev–Trinajstić information content (AvgIpc) is 2.67. The van der Waals surface area contributed by atoms with Gasteiger partial charge in [-0.25, -0.2) is 4.98 Å². The monoisotopic (exact) mass is 277 g/mol. The number of aromatic nitrogens is 2. The molecule has 0 saturated heterocycles. The number of halogens is 1. The second kappa shape index (κ2) is 4.12. The number of aromatic amines is 1. The van der Waals surface area contributed by atoms with Crippen LogP contribution in [-0.4, -0.2) is 9.97 Å². The molecule has 2 aromatic heterocycles. The molecule has 0 fully saturated rings. The van der Waals surface area contributed by atoms with Crippen molar-refractivity contribution in [3.05, 3.63) is 45.7 Å². The predicted octanol–water partition coefficient (Wildman–Crippen LogP) is 2.89. The van der Waals surface area contributed by atoms with Crippen molar-refractivity contribution in [2.75, 3.05) is 5.73 Å². The Hall–Kier alpha value is -1.85. The molecule has 6 heteroatoms. The Bertz CT molecular complexity index is 779. The SMILES string of the molecule is Nc1nc2sc(-c3ccccc3)c(Cl)c2c(=O)[nH]1. The molecule has 4 nitrogen and oxygen atoms in total. The molecule has 0 bridgehead atoms. The smallest absolute Gasteiger partial charge is 0.262 e. The van der Waals surface area contributed by atoms with Crippen LogP contribution in [0.25, 0.3) is 20.7 Å². The molecule has 0 spiro atoms. The van der Waals surface area contributed by atoms with Gasteiger partial charge in [0.15, 0.2) is 0 Å². The van der Waals surface area contributed by atoms with Crippen LogP contribution in [0.2, 0.25) is 5.02 Å². The molecule has 0 amide bonds. The van der Waals surface area contributed by atoms with Crippen LogP contribution in [0.5, 0.6) is 0 Å². The summed E-state index contributed by atoms with van der Waals surface area (Å²) in [5.41, 5.74) is 6.18. The fourth-order valence-corrected chi connectivity index (χ4v) is 3.30. The molecule has 0 radical (unpaired) electrons. The zero-order valence-electron chi connectivity index (χ0n) is 9.11. The number of rotatable bonds is 1. The molecule has 1 aromatic carbocycles. The number of nitrogen functional groups attached to an aromatic ring is 1. The Kier molecular flexibility index (Phi) is 2.57. The predicted molar refractivity (Wildman–Crippen MR) is 75.1 cm³/mol. The van der Waals surface area contributed by atoms with Crippen LogP contribution in [0.4, 0.5) is 5.95 Å². The Morgan fingerprint density at radius 1 is 1.28 bits per heavy atom. The Balaban J connectivity index is 2.37.